The second kappa shape index (κ2) is 4.48. The van der Waals surface area contributed by atoms with Crippen molar-refractivity contribution in [3.63, 3.8) is 0 Å². The van der Waals surface area contributed by atoms with Gasteiger partial charge in [-0.25, -0.2) is 4.68 Å². The van der Waals surface area contributed by atoms with Crippen LogP contribution in [0.1, 0.15) is 6.92 Å². The Bertz CT molecular complexity index is 714. The number of nitrogens with one attached hydrogen (secondary N) is 1. The summed E-state index contributed by atoms with van der Waals surface area (Å²) in [6.45, 7) is 1.41. The van der Waals surface area contributed by atoms with Crippen LogP contribution in [-0.2, 0) is 11.3 Å². The number of carbonyl (C=O) groups is 1. The first-order chi connectivity index (χ1) is 8.50. The van der Waals surface area contributed by atoms with Gasteiger partial charge in [0.05, 0.1) is 23.2 Å². The molecule has 0 fully saturated rings. The fourth-order valence-electron chi connectivity index (χ4n) is 1.73. The summed E-state index contributed by atoms with van der Waals surface area (Å²) < 4.78 is 1.05. The van der Waals surface area contributed by atoms with Crippen LogP contribution in [0.3, 0.4) is 0 Å². The summed E-state index contributed by atoms with van der Waals surface area (Å²) in [5.74, 6) is -1.77. The Kier molecular flexibility index (Phi) is 3.01. The summed E-state index contributed by atoms with van der Waals surface area (Å²) in [6, 6.07) is 6.44. The molecule has 1 heterocycles. The highest BCUT2D eigenvalue weighted by molar-refractivity contribution is 5.80. The van der Waals surface area contributed by atoms with Crippen LogP contribution < -0.4 is 11.1 Å². The lowest BCUT2D eigenvalue weighted by molar-refractivity contribution is -0.141. The summed E-state index contributed by atoms with van der Waals surface area (Å²) in [5, 5.41) is 11.8. The van der Waals surface area contributed by atoms with Gasteiger partial charge < -0.3 is 5.11 Å². The Hall–Kier alpha value is -2.37. The number of hydrogen-bond donors (Lipinski definition) is 2. The van der Waals surface area contributed by atoms with Gasteiger partial charge in [-0.05, 0) is 12.1 Å². The Morgan fingerprint density at radius 3 is 2.56 bits per heavy atom. The zero-order valence-corrected chi connectivity index (χ0v) is 9.71. The molecule has 0 aliphatic heterocycles. The van der Waals surface area contributed by atoms with E-state index in [0.717, 1.165) is 4.68 Å². The monoisotopic (exact) mass is 248 g/mol. The van der Waals surface area contributed by atoms with E-state index in [1.807, 2.05) is 0 Å². The first-order valence-corrected chi connectivity index (χ1v) is 5.45. The predicted molar refractivity (Wildman–Crippen MR) is 65.6 cm³/mol. The molecular weight excluding hydrogens is 236 g/mol. The number of nitrogens with zero attached hydrogens (tertiary/aromatic N) is 1. The second-order valence-electron chi connectivity index (χ2n) is 4.14. The number of aromatic amines is 1. The van der Waals surface area contributed by atoms with Gasteiger partial charge >= 0.3 is 5.97 Å². The third-order valence-electron chi connectivity index (χ3n) is 2.76. The number of rotatable bonds is 3. The van der Waals surface area contributed by atoms with Crippen molar-refractivity contribution in [1.82, 2.24) is 9.78 Å². The lowest BCUT2D eigenvalue weighted by Crippen LogP contribution is -2.33. The van der Waals surface area contributed by atoms with Crippen molar-refractivity contribution in [3.05, 3.63) is 45.0 Å². The van der Waals surface area contributed by atoms with E-state index in [2.05, 4.69) is 5.10 Å². The van der Waals surface area contributed by atoms with E-state index in [-0.39, 0.29) is 6.54 Å². The van der Waals surface area contributed by atoms with Gasteiger partial charge in [0, 0.05) is 0 Å². The molecule has 94 valence electrons. The van der Waals surface area contributed by atoms with Gasteiger partial charge in [-0.15, -0.1) is 0 Å². The molecule has 0 amide bonds. The van der Waals surface area contributed by atoms with Crippen molar-refractivity contribution in [2.75, 3.05) is 0 Å². The number of carboxylic acid groups (broad SMARTS) is 1. The highest BCUT2D eigenvalue weighted by Crippen LogP contribution is 2.03. The third kappa shape index (κ3) is 2.04. The average molecular weight is 248 g/mol. The summed E-state index contributed by atoms with van der Waals surface area (Å²) in [6.07, 6.45) is 0. The Balaban J connectivity index is 2.60. The van der Waals surface area contributed by atoms with Crippen LogP contribution in [0.2, 0.25) is 0 Å². The van der Waals surface area contributed by atoms with Crippen molar-refractivity contribution in [2.24, 2.45) is 5.92 Å². The van der Waals surface area contributed by atoms with Crippen LogP contribution in [0.25, 0.3) is 10.8 Å². The maximum absolute atomic E-state index is 12.0. The molecule has 1 aromatic carbocycles. The molecule has 1 aromatic heterocycles. The molecule has 0 bridgehead atoms. The molecule has 6 nitrogen and oxygen atoms in total. The molecule has 6 heteroatoms. The molecule has 1 unspecified atom stereocenters. The smallest absolute Gasteiger partial charge is 0.308 e. The highest BCUT2D eigenvalue weighted by Gasteiger charge is 2.14. The number of fused-ring (bicyclic) bond motifs is 1. The van der Waals surface area contributed by atoms with E-state index >= 15 is 0 Å². The van der Waals surface area contributed by atoms with E-state index in [1.165, 1.54) is 6.92 Å². The molecular formula is C12H12N2O4. The van der Waals surface area contributed by atoms with Crippen molar-refractivity contribution in [3.8, 4) is 0 Å². The van der Waals surface area contributed by atoms with Crippen LogP contribution in [0.15, 0.2) is 33.9 Å². The van der Waals surface area contributed by atoms with Gasteiger partial charge in [0.25, 0.3) is 11.1 Å². The van der Waals surface area contributed by atoms with Crippen molar-refractivity contribution in [2.45, 2.75) is 13.5 Å². The number of carboxylic acids is 1. The molecule has 0 spiro atoms. The third-order valence-corrected chi connectivity index (χ3v) is 2.76. The van der Waals surface area contributed by atoms with Crippen LogP contribution >= 0.6 is 0 Å². The number of aliphatic carboxylic acids is 1. The van der Waals surface area contributed by atoms with Crippen LogP contribution in [0, 0.1) is 5.92 Å². The van der Waals surface area contributed by atoms with E-state index in [9.17, 15) is 14.4 Å². The van der Waals surface area contributed by atoms with Crippen molar-refractivity contribution >= 4 is 16.7 Å². The predicted octanol–water partition coefficient (Wildman–Crippen LogP) is 0.411. The number of hydrogen-bond acceptors (Lipinski definition) is 3. The summed E-state index contributed by atoms with van der Waals surface area (Å²) >= 11 is 0. The lowest BCUT2D eigenvalue weighted by Gasteiger charge is -2.09. The van der Waals surface area contributed by atoms with Crippen LogP contribution in [0.5, 0.6) is 0 Å². The Labute approximate surface area is 101 Å². The van der Waals surface area contributed by atoms with Gasteiger partial charge in [0.15, 0.2) is 0 Å². The Morgan fingerprint density at radius 1 is 1.33 bits per heavy atom. The number of benzene rings is 1. The Morgan fingerprint density at radius 2 is 1.94 bits per heavy atom. The van der Waals surface area contributed by atoms with Crippen LogP contribution in [-0.4, -0.2) is 20.9 Å². The van der Waals surface area contributed by atoms with E-state index < -0.39 is 23.0 Å². The minimum absolute atomic E-state index is 0.0613. The first-order valence-electron chi connectivity index (χ1n) is 5.45. The zero-order chi connectivity index (χ0) is 13.3. The minimum Gasteiger partial charge on any atom is -0.481 e. The molecule has 0 aliphatic carbocycles. The number of H-pyrrole nitrogens is 1. The normalized spacial score (nSPS) is 12.5. The largest absolute Gasteiger partial charge is 0.481 e. The molecule has 0 aliphatic rings. The van der Waals surface area contributed by atoms with Gasteiger partial charge in [-0.3, -0.25) is 19.5 Å². The molecule has 2 aromatic rings. The maximum Gasteiger partial charge on any atom is 0.308 e. The van der Waals surface area contributed by atoms with Gasteiger partial charge in [-0.2, -0.15) is 0 Å². The highest BCUT2D eigenvalue weighted by atomic mass is 16.4. The SMILES string of the molecule is CC(Cn1[nH]c(=O)c2ccccc2c1=O)C(=O)O. The molecule has 18 heavy (non-hydrogen) atoms. The van der Waals surface area contributed by atoms with Gasteiger partial charge in [0.1, 0.15) is 0 Å². The topological polar surface area (TPSA) is 92.2 Å². The fraction of sp³-hybridized carbons (Fsp3) is 0.250. The molecule has 2 rings (SSSR count). The van der Waals surface area contributed by atoms with Gasteiger partial charge in [0.2, 0.25) is 0 Å². The van der Waals surface area contributed by atoms with Crippen molar-refractivity contribution in [1.29, 1.82) is 0 Å². The summed E-state index contributed by atoms with van der Waals surface area (Å²) in [5.41, 5.74) is -0.791. The number of aromatic nitrogens is 2. The van der Waals surface area contributed by atoms with Gasteiger partial charge in [-0.1, -0.05) is 19.1 Å². The molecule has 0 saturated carbocycles. The van der Waals surface area contributed by atoms with E-state index in [4.69, 9.17) is 5.11 Å². The van der Waals surface area contributed by atoms with E-state index in [1.54, 1.807) is 24.3 Å². The average Bonchev–Trinajstić information content (AvgIpc) is 2.35. The fourth-order valence-corrected chi connectivity index (χ4v) is 1.73. The maximum atomic E-state index is 12.0. The quantitative estimate of drug-likeness (QED) is 0.822. The van der Waals surface area contributed by atoms with E-state index in [0.29, 0.717) is 10.8 Å². The summed E-state index contributed by atoms with van der Waals surface area (Å²) in [4.78, 5) is 34.5. The van der Waals surface area contributed by atoms with Crippen LogP contribution in [0.4, 0.5) is 0 Å². The zero-order valence-electron chi connectivity index (χ0n) is 9.71. The summed E-state index contributed by atoms with van der Waals surface area (Å²) in [7, 11) is 0. The molecule has 2 N–H and O–H groups in total. The molecule has 0 radical (unpaired) electrons. The van der Waals surface area contributed by atoms with Crippen molar-refractivity contribution < 1.29 is 9.90 Å². The molecule has 1 atom stereocenters. The first kappa shape index (κ1) is 12.1. The standard InChI is InChI=1S/C12H12N2O4/c1-7(12(17)18)6-14-11(16)9-5-3-2-4-8(9)10(15)13-14/h2-5,7H,6H2,1H3,(H,13,15)(H,17,18). The minimum atomic E-state index is -1.02. The lowest BCUT2D eigenvalue weighted by atomic mass is 10.1. The molecule has 0 saturated heterocycles. The second-order valence-corrected chi connectivity index (χ2v) is 4.14.